The Bertz CT molecular complexity index is 623. The molecule has 0 saturated carbocycles. The van der Waals surface area contributed by atoms with Crippen molar-refractivity contribution >= 4 is 41.4 Å². The first kappa shape index (κ1) is 13.9. The van der Waals surface area contributed by atoms with Crippen LogP contribution < -0.4 is 0 Å². The molecule has 0 amide bonds. The molecular formula is C8H4BrClN2O4S. The Morgan fingerprint density at radius 3 is 2.47 bits per heavy atom. The molecule has 0 aliphatic carbocycles. The lowest BCUT2D eigenvalue weighted by molar-refractivity contribution is -0.385. The third kappa shape index (κ3) is 2.94. The molecule has 0 fully saturated rings. The lowest BCUT2D eigenvalue weighted by atomic mass is 10.1. The fourth-order valence-corrected chi connectivity index (χ4v) is 3.14. The Hall–Kier alpha value is -1.17. The van der Waals surface area contributed by atoms with Gasteiger partial charge in [-0.25, -0.2) is 8.42 Å². The van der Waals surface area contributed by atoms with E-state index < -0.39 is 24.6 Å². The maximum atomic E-state index is 11.3. The molecule has 0 N–H and O–H groups in total. The molecule has 1 aromatic carbocycles. The maximum absolute atomic E-state index is 11.3. The van der Waals surface area contributed by atoms with Gasteiger partial charge in [-0.3, -0.25) is 10.1 Å². The van der Waals surface area contributed by atoms with E-state index in [1.54, 1.807) is 6.07 Å². The van der Waals surface area contributed by atoms with E-state index in [1.807, 2.05) is 0 Å². The van der Waals surface area contributed by atoms with Crippen LogP contribution in [0.2, 0.25) is 0 Å². The molecule has 0 radical (unpaired) electrons. The van der Waals surface area contributed by atoms with Crippen molar-refractivity contribution in [3.63, 3.8) is 0 Å². The number of nitriles is 1. The van der Waals surface area contributed by atoms with Gasteiger partial charge in [0, 0.05) is 22.1 Å². The quantitative estimate of drug-likeness (QED) is 0.364. The fraction of sp³-hybridized carbons (Fsp3) is 0.125. The SMILES string of the molecule is N#Cc1cc([N+](=O)[O-])c(CBr)c(S(=O)(=O)Cl)c1. The highest BCUT2D eigenvalue weighted by Crippen LogP contribution is 2.31. The molecule has 1 rings (SSSR count). The molecule has 0 heterocycles. The Kier molecular flexibility index (Phi) is 4.08. The van der Waals surface area contributed by atoms with Crippen molar-refractivity contribution in [2.45, 2.75) is 10.2 Å². The first-order valence-electron chi connectivity index (χ1n) is 4.03. The van der Waals surface area contributed by atoms with E-state index >= 15 is 0 Å². The average molecular weight is 340 g/mol. The topological polar surface area (TPSA) is 101 Å². The Labute approximate surface area is 110 Å². The number of benzene rings is 1. The standard InChI is InChI=1S/C8H4BrClN2O4S/c9-3-6-7(12(13)14)1-5(4-11)2-8(6)17(10,15)16/h1-2H,3H2. The highest BCUT2D eigenvalue weighted by atomic mass is 79.9. The largest absolute Gasteiger partial charge is 0.276 e. The molecule has 0 saturated heterocycles. The van der Waals surface area contributed by atoms with Gasteiger partial charge in [0.15, 0.2) is 0 Å². The van der Waals surface area contributed by atoms with Gasteiger partial charge in [-0.2, -0.15) is 5.26 Å². The molecule has 17 heavy (non-hydrogen) atoms. The third-order valence-corrected chi connectivity index (χ3v) is 3.86. The van der Waals surface area contributed by atoms with Crippen LogP contribution in [0.5, 0.6) is 0 Å². The predicted molar refractivity (Wildman–Crippen MR) is 63.5 cm³/mol. The van der Waals surface area contributed by atoms with Crippen LogP contribution in [-0.4, -0.2) is 13.3 Å². The van der Waals surface area contributed by atoms with Crippen molar-refractivity contribution in [2.24, 2.45) is 0 Å². The molecule has 0 atom stereocenters. The molecule has 0 aromatic heterocycles. The lowest BCUT2D eigenvalue weighted by Crippen LogP contribution is -2.02. The van der Waals surface area contributed by atoms with Gasteiger partial charge in [0.25, 0.3) is 14.7 Å². The second kappa shape index (κ2) is 5.00. The second-order valence-electron chi connectivity index (χ2n) is 2.91. The summed E-state index contributed by atoms with van der Waals surface area (Å²) in [6.07, 6.45) is 0. The summed E-state index contributed by atoms with van der Waals surface area (Å²) in [6.45, 7) is 0. The molecule has 6 nitrogen and oxygen atoms in total. The number of hydrogen-bond donors (Lipinski definition) is 0. The summed E-state index contributed by atoms with van der Waals surface area (Å²) in [7, 11) is 1.02. The van der Waals surface area contributed by atoms with E-state index in [-0.39, 0.29) is 16.5 Å². The van der Waals surface area contributed by atoms with Crippen LogP contribution in [0.25, 0.3) is 0 Å². The zero-order valence-corrected chi connectivity index (χ0v) is 11.2. The summed E-state index contributed by atoms with van der Waals surface area (Å²) in [6, 6.07) is 3.65. The number of rotatable bonds is 3. The number of halogens is 2. The first-order chi connectivity index (χ1) is 7.81. The van der Waals surface area contributed by atoms with Crippen LogP contribution in [0.1, 0.15) is 11.1 Å². The van der Waals surface area contributed by atoms with Crippen molar-refractivity contribution < 1.29 is 13.3 Å². The number of nitro groups is 1. The number of alkyl halides is 1. The van der Waals surface area contributed by atoms with Gasteiger partial charge in [-0.05, 0) is 6.07 Å². The molecule has 90 valence electrons. The predicted octanol–water partition coefficient (Wildman–Crippen LogP) is 2.29. The Morgan fingerprint density at radius 1 is 1.53 bits per heavy atom. The van der Waals surface area contributed by atoms with Gasteiger partial charge in [0.2, 0.25) is 0 Å². The molecule has 9 heteroatoms. The van der Waals surface area contributed by atoms with E-state index in [9.17, 15) is 18.5 Å². The summed E-state index contributed by atoms with van der Waals surface area (Å²) in [5.74, 6) is 0. The smallest absolute Gasteiger partial charge is 0.258 e. The lowest BCUT2D eigenvalue weighted by Gasteiger charge is -2.05. The van der Waals surface area contributed by atoms with Crippen LogP contribution in [-0.2, 0) is 14.4 Å². The zero-order chi connectivity index (χ0) is 13.2. The average Bonchev–Trinajstić information content (AvgIpc) is 2.25. The highest BCUT2D eigenvalue weighted by Gasteiger charge is 2.25. The molecule has 0 aliphatic rings. The number of nitro benzene ring substituents is 1. The minimum absolute atomic E-state index is 0.0592. The molecular weight excluding hydrogens is 336 g/mol. The van der Waals surface area contributed by atoms with Crippen molar-refractivity contribution in [3.05, 3.63) is 33.4 Å². The Morgan fingerprint density at radius 2 is 2.12 bits per heavy atom. The van der Waals surface area contributed by atoms with Gasteiger partial charge in [0.1, 0.15) is 0 Å². The summed E-state index contributed by atoms with van der Waals surface area (Å²) in [4.78, 5) is 9.58. The van der Waals surface area contributed by atoms with Gasteiger partial charge < -0.3 is 0 Å². The van der Waals surface area contributed by atoms with E-state index in [0.29, 0.717) is 0 Å². The minimum atomic E-state index is -4.15. The molecule has 1 aromatic rings. The van der Waals surface area contributed by atoms with Crippen LogP contribution in [0.3, 0.4) is 0 Å². The highest BCUT2D eigenvalue weighted by molar-refractivity contribution is 9.08. The van der Waals surface area contributed by atoms with Crippen LogP contribution in [0.15, 0.2) is 17.0 Å². The van der Waals surface area contributed by atoms with Gasteiger partial charge in [-0.15, -0.1) is 0 Å². The second-order valence-corrected chi connectivity index (χ2v) is 6.01. The molecule has 0 aliphatic heterocycles. The fourth-order valence-electron chi connectivity index (χ4n) is 1.21. The van der Waals surface area contributed by atoms with Gasteiger partial charge in [0.05, 0.1) is 27.0 Å². The summed E-state index contributed by atoms with van der Waals surface area (Å²) < 4.78 is 22.5. The van der Waals surface area contributed by atoms with E-state index in [1.165, 1.54) is 0 Å². The third-order valence-electron chi connectivity index (χ3n) is 1.91. The van der Waals surface area contributed by atoms with Crippen molar-refractivity contribution in [3.8, 4) is 6.07 Å². The van der Waals surface area contributed by atoms with Crippen molar-refractivity contribution in [1.29, 1.82) is 5.26 Å². The summed E-state index contributed by atoms with van der Waals surface area (Å²) in [5, 5.41) is 19.4. The van der Waals surface area contributed by atoms with Gasteiger partial charge >= 0.3 is 0 Å². The van der Waals surface area contributed by atoms with Crippen molar-refractivity contribution in [1.82, 2.24) is 0 Å². The molecule has 0 unspecified atom stereocenters. The first-order valence-corrected chi connectivity index (χ1v) is 7.46. The number of nitrogens with zero attached hydrogens (tertiary/aromatic N) is 2. The monoisotopic (exact) mass is 338 g/mol. The van der Waals surface area contributed by atoms with Crippen LogP contribution in [0.4, 0.5) is 5.69 Å². The van der Waals surface area contributed by atoms with Gasteiger partial charge in [-0.1, -0.05) is 15.9 Å². The maximum Gasteiger partial charge on any atom is 0.276 e. The van der Waals surface area contributed by atoms with E-state index in [4.69, 9.17) is 15.9 Å². The summed E-state index contributed by atoms with van der Waals surface area (Å²) >= 11 is 2.96. The van der Waals surface area contributed by atoms with Crippen LogP contribution in [0, 0.1) is 21.4 Å². The molecule has 0 bridgehead atoms. The van der Waals surface area contributed by atoms with E-state index in [0.717, 1.165) is 12.1 Å². The van der Waals surface area contributed by atoms with Crippen molar-refractivity contribution in [2.75, 3.05) is 0 Å². The zero-order valence-electron chi connectivity index (χ0n) is 8.05. The minimum Gasteiger partial charge on any atom is -0.258 e. The van der Waals surface area contributed by atoms with E-state index in [2.05, 4.69) is 15.9 Å². The number of hydrogen-bond acceptors (Lipinski definition) is 5. The van der Waals surface area contributed by atoms with Crippen LogP contribution >= 0.6 is 26.6 Å². The summed E-state index contributed by atoms with van der Waals surface area (Å²) in [5.41, 5.74) is -0.676. The Balaban J connectivity index is 3.77. The molecule has 0 spiro atoms. The normalized spacial score (nSPS) is 10.9.